The molecule has 2 nitrogen and oxygen atoms in total. The summed E-state index contributed by atoms with van der Waals surface area (Å²) in [6.45, 7) is 7.86. The fourth-order valence-corrected chi connectivity index (χ4v) is 0.264. The second-order valence-corrected chi connectivity index (χ2v) is 1.67. The van der Waals surface area contributed by atoms with E-state index in [9.17, 15) is 0 Å². The normalized spacial score (nSPS) is 11.0. The third-order valence-corrected chi connectivity index (χ3v) is 0.723. The largest absolute Gasteiger partial charge is 0.275 e. The van der Waals surface area contributed by atoms with Gasteiger partial charge in [-0.05, 0) is 6.92 Å². The molecule has 0 aliphatic heterocycles. The Hall–Kier alpha value is -0.990. The van der Waals surface area contributed by atoms with E-state index in [0.717, 1.165) is 0 Å². The maximum Gasteiger partial charge on any atom is 0.275 e. The molecule has 0 amide bonds. The summed E-state index contributed by atoms with van der Waals surface area (Å²) in [5.41, 5.74) is -0.0355. The molecule has 0 rings (SSSR count). The van der Waals surface area contributed by atoms with Gasteiger partial charge in [-0.2, -0.15) is 0 Å². The average molecular weight is 127 g/mol. The van der Waals surface area contributed by atoms with Crippen LogP contribution in [0.1, 0.15) is 6.92 Å². The molecular weight excluding hydrogens is 124 g/mol. The molecule has 0 aliphatic carbocycles. The fourth-order valence-electron chi connectivity index (χ4n) is 0.179. The van der Waals surface area contributed by atoms with Crippen LogP contribution in [0.15, 0.2) is 10.7 Å². The molecule has 0 saturated heterocycles. The molecule has 0 fully saturated rings. The van der Waals surface area contributed by atoms with Crippen LogP contribution in [0.3, 0.4) is 0 Å². The van der Waals surface area contributed by atoms with Crippen LogP contribution in [-0.2, 0) is 0 Å². The van der Waals surface area contributed by atoms with Crippen LogP contribution in [0.2, 0.25) is 0 Å². The molecule has 0 aromatic heterocycles. The lowest BCUT2D eigenvalue weighted by molar-refractivity contribution is 1.47. The van der Waals surface area contributed by atoms with Crippen LogP contribution in [0.4, 0.5) is 0 Å². The van der Waals surface area contributed by atoms with Gasteiger partial charge in [0.25, 0.3) is 5.70 Å². The van der Waals surface area contributed by atoms with Crippen LogP contribution >= 0.6 is 11.6 Å². The van der Waals surface area contributed by atoms with Gasteiger partial charge in [0.1, 0.15) is 0 Å². The van der Waals surface area contributed by atoms with E-state index >= 15 is 0 Å². The van der Waals surface area contributed by atoms with E-state index < -0.39 is 0 Å². The lowest BCUT2D eigenvalue weighted by atomic mass is 10.5. The Morgan fingerprint density at radius 3 is 2.38 bits per heavy atom. The van der Waals surface area contributed by atoms with Gasteiger partial charge in [-0.3, -0.25) is 0 Å². The molecule has 0 bridgehead atoms. The summed E-state index contributed by atoms with van der Waals surface area (Å²) in [5, 5.41) is 8.34. The third kappa shape index (κ3) is 1.64. The van der Waals surface area contributed by atoms with E-state index in [1.165, 1.54) is 6.92 Å². The first-order valence-corrected chi connectivity index (χ1v) is 2.24. The summed E-state index contributed by atoms with van der Waals surface area (Å²) in [4.78, 5) is 2.84. The molecule has 0 aliphatic rings. The molecule has 0 radical (unpaired) electrons. The first-order valence-electron chi connectivity index (χ1n) is 1.86. The van der Waals surface area contributed by atoms with Crippen molar-refractivity contribution in [3.63, 3.8) is 0 Å². The Kier molecular flexibility index (Phi) is 2.69. The number of hydrogen-bond donors (Lipinski definition) is 0. The molecule has 0 spiro atoms. The van der Waals surface area contributed by atoms with Crippen molar-refractivity contribution < 1.29 is 0 Å². The van der Waals surface area contributed by atoms with E-state index in [1.807, 2.05) is 0 Å². The summed E-state index contributed by atoms with van der Waals surface area (Å²) in [6, 6.07) is 1.64. The van der Waals surface area contributed by atoms with Crippen LogP contribution in [0.25, 0.3) is 4.85 Å². The van der Waals surface area contributed by atoms with E-state index in [2.05, 4.69) is 4.85 Å². The van der Waals surface area contributed by atoms with Gasteiger partial charge in [0.2, 0.25) is 0 Å². The molecule has 40 valence electrons. The minimum absolute atomic E-state index is 0.0355. The number of nitrogens with zero attached hydrogens (tertiary/aromatic N) is 2. The van der Waals surface area contributed by atoms with E-state index in [-0.39, 0.29) is 10.7 Å². The molecular formula is C5H3ClN2. The van der Waals surface area contributed by atoms with Crippen molar-refractivity contribution >= 4 is 11.6 Å². The molecule has 3 heteroatoms. The average Bonchev–Trinajstić information content (AvgIpc) is 1.69. The van der Waals surface area contributed by atoms with Gasteiger partial charge in [-0.1, -0.05) is 0 Å². The van der Waals surface area contributed by atoms with E-state index in [0.29, 0.717) is 0 Å². The molecule has 0 heterocycles. The quantitative estimate of drug-likeness (QED) is 0.360. The maximum atomic E-state index is 8.09. The molecule has 0 atom stereocenters. The predicted octanol–water partition coefficient (Wildman–Crippen LogP) is 1.90. The van der Waals surface area contributed by atoms with Gasteiger partial charge in [0.15, 0.2) is 0 Å². The molecule has 0 aromatic carbocycles. The fraction of sp³-hybridized carbons (Fsp3) is 0.200. The lowest BCUT2D eigenvalue weighted by Crippen LogP contribution is -1.67. The van der Waals surface area contributed by atoms with Gasteiger partial charge >= 0.3 is 0 Å². The van der Waals surface area contributed by atoms with Crippen molar-refractivity contribution in [1.82, 2.24) is 0 Å². The standard InChI is InChI=1S/C5H3ClN2/c1-4(6)5(3-7)8-2/h1H3/b5-4+. The summed E-state index contributed by atoms with van der Waals surface area (Å²) >= 11 is 5.29. The van der Waals surface area contributed by atoms with Gasteiger partial charge in [0.05, 0.1) is 12.6 Å². The first-order chi connectivity index (χ1) is 3.72. The number of allylic oxidation sites excluding steroid dienone is 2. The zero-order chi connectivity index (χ0) is 6.57. The topological polar surface area (TPSA) is 28.1 Å². The zero-order valence-electron chi connectivity index (χ0n) is 4.27. The van der Waals surface area contributed by atoms with Crippen LogP contribution in [0, 0.1) is 17.9 Å². The maximum absolute atomic E-state index is 8.09. The Morgan fingerprint density at radius 1 is 1.88 bits per heavy atom. The van der Waals surface area contributed by atoms with Crippen molar-refractivity contribution in [1.29, 1.82) is 5.26 Å². The monoisotopic (exact) mass is 126 g/mol. The lowest BCUT2D eigenvalue weighted by Gasteiger charge is -1.79. The predicted molar refractivity (Wildman–Crippen MR) is 30.8 cm³/mol. The number of nitriles is 1. The molecule has 0 N–H and O–H groups in total. The highest BCUT2D eigenvalue weighted by atomic mass is 35.5. The van der Waals surface area contributed by atoms with Gasteiger partial charge in [-0.25, -0.2) is 10.1 Å². The van der Waals surface area contributed by atoms with Crippen LogP contribution < -0.4 is 0 Å². The summed E-state index contributed by atoms with van der Waals surface area (Å²) in [6.07, 6.45) is 0. The summed E-state index contributed by atoms with van der Waals surface area (Å²) < 4.78 is 0. The highest BCUT2D eigenvalue weighted by molar-refractivity contribution is 6.29. The zero-order valence-corrected chi connectivity index (χ0v) is 5.03. The molecule has 0 unspecified atom stereocenters. The first kappa shape index (κ1) is 7.01. The highest BCUT2D eigenvalue weighted by Crippen LogP contribution is 2.07. The minimum atomic E-state index is -0.0355. The van der Waals surface area contributed by atoms with E-state index in [4.69, 9.17) is 23.4 Å². The Morgan fingerprint density at radius 2 is 2.38 bits per heavy atom. The van der Waals surface area contributed by atoms with Crippen molar-refractivity contribution in [2.45, 2.75) is 6.92 Å². The summed E-state index contributed by atoms with van der Waals surface area (Å²) in [7, 11) is 0. The summed E-state index contributed by atoms with van der Waals surface area (Å²) in [5.74, 6) is 0. The number of rotatable bonds is 0. The second kappa shape index (κ2) is 3.07. The van der Waals surface area contributed by atoms with Crippen LogP contribution in [-0.4, -0.2) is 0 Å². The van der Waals surface area contributed by atoms with Crippen LogP contribution in [0.5, 0.6) is 0 Å². The number of hydrogen-bond acceptors (Lipinski definition) is 1. The van der Waals surface area contributed by atoms with Gasteiger partial charge in [0, 0.05) is 5.03 Å². The molecule has 0 saturated carbocycles. The Balaban J connectivity index is 4.47. The minimum Gasteiger partial charge on any atom is -0.225 e. The van der Waals surface area contributed by atoms with Crippen molar-refractivity contribution in [2.24, 2.45) is 0 Å². The molecule has 0 aromatic rings. The van der Waals surface area contributed by atoms with Crippen molar-refractivity contribution in [2.75, 3.05) is 0 Å². The molecule has 8 heavy (non-hydrogen) atoms. The van der Waals surface area contributed by atoms with Crippen molar-refractivity contribution in [3.05, 3.63) is 22.1 Å². The van der Waals surface area contributed by atoms with Gasteiger partial charge in [-0.15, -0.1) is 11.6 Å². The Labute approximate surface area is 52.8 Å². The van der Waals surface area contributed by atoms with Gasteiger partial charge < -0.3 is 0 Å². The smallest absolute Gasteiger partial charge is 0.225 e. The highest BCUT2D eigenvalue weighted by Gasteiger charge is 1.93. The van der Waals surface area contributed by atoms with Crippen molar-refractivity contribution in [3.8, 4) is 6.07 Å². The Bertz CT molecular complexity index is 171. The second-order valence-electron chi connectivity index (χ2n) is 1.11. The van der Waals surface area contributed by atoms with E-state index in [1.54, 1.807) is 6.07 Å². The number of halogens is 1. The third-order valence-electron chi connectivity index (χ3n) is 0.544. The SMILES string of the molecule is [C-]#[N+]/C(C#N)=C(\C)Cl.